The van der Waals surface area contributed by atoms with E-state index in [1.54, 1.807) is 38.4 Å². The molecule has 2 rings (SSSR count). The topological polar surface area (TPSA) is 76.1 Å². The molecule has 1 N–H and O–H groups in total. The van der Waals surface area contributed by atoms with Crippen LogP contribution in [0.1, 0.15) is 32.1 Å². The summed E-state index contributed by atoms with van der Waals surface area (Å²) < 4.78 is 10.6. The van der Waals surface area contributed by atoms with Crippen molar-refractivity contribution in [3.63, 3.8) is 0 Å². The summed E-state index contributed by atoms with van der Waals surface area (Å²) in [6, 6.07) is 6.95. The predicted molar refractivity (Wildman–Crippen MR) is 84.7 cm³/mol. The van der Waals surface area contributed by atoms with Crippen molar-refractivity contribution >= 4 is 11.9 Å². The fourth-order valence-electron chi connectivity index (χ4n) is 3.00. The van der Waals surface area contributed by atoms with Crippen molar-refractivity contribution in [2.45, 2.75) is 37.6 Å². The normalized spacial score (nSPS) is 16.4. The van der Waals surface area contributed by atoms with Crippen LogP contribution in [0, 0.1) is 0 Å². The number of carbonyl (C=O) groups is 2. The molecular weight excluding hydrogens is 298 g/mol. The Labute approximate surface area is 136 Å². The highest BCUT2D eigenvalue weighted by molar-refractivity contribution is 5.87. The molecule has 0 unspecified atom stereocenters. The lowest BCUT2D eigenvalue weighted by molar-refractivity contribution is -0.161. The molecule has 0 heterocycles. The van der Waals surface area contributed by atoms with Gasteiger partial charge in [0.25, 0.3) is 5.91 Å². The van der Waals surface area contributed by atoms with Crippen LogP contribution in [-0.2, 0) is 9.59 Å². The minimum atomic E-state index is -1.10. The molecule has 6 nitrogen and oxygen atoms in total. The summed E-state index contributed by atoms with van der Waals surface area (Å²) in [5.74, 6) is -0.122. The maximum absolute atomic E-state index is 12.4. The van der Waals surface area contributed by atoms with E-state index >= 15 is 0 Å². The third-order valence-corrected chi connectivity index (χ3v) is 4.50. The molecule has 1 saturated carbocycles. The van der Waals surface area contributed by atoms with Crippen molar-refractivity contribution in [2.75, 3.05) is 20.8 Å². The average Bonchev–Trinajstić information content (AvgIpc) is 2.59. The van der Waals surface area contributed by atoms with Gasteiger partial charge in [0, 0.05) is 13.1 Å². The number of benzene rings is 1. The molecule has 0 aliphatic heterocycles. The van der Waals surface area contributed by atoms with E-state index in [1.165, 1.54) is 4.90 Å². The summed E-state index contributed by atoms with van der Waals surface area (Å²) >= 11 is 0. The van der Waals surface area contributed by atoms with Crippen LogP contribution in [0.2, 0.25) is 0 Å². The fourth-order valence-corrected chi connectivity index (χ4v) is 3.00. The summed E-state index contributed by atoms with van der Waals surface area (Å²) in [5, 5.41) is 9.61. The van der Waals surface area contributed by atoms with E-state index in [4.69, 9.17) is 9.47 Å². The number of ether oxygens (including phenoxy) is 2. The number of rotatable bonds is 6. The molecule has 0 radical (unpaired) electrons. The minimum absolute atomic E-state index is 0.196. The van der Waals surface area contributed by atoms with E-state index in [1.807, 2.05) is 0 Å². The Morgan fingerprint density at radius 1 is 1.22 bits per heavy atom. The molecule has 1 aromatic rings. The largest absolute Gasteiger partial charge is 0.497 e. The lowest BCUT2D eigenvalue weighted by atomic mass is 9.80. The van der Waals surface area contributed by atoms with Gasteiger partial charge in [-0.15, -0.1) is 0 Å². The molecule has 0 aromatic heterocycles. The number of aliphatic carboxylic acids is 1. The Kier molecular flexibility index (Phi) is 5.47. The van der Waals surface area contributed by atoms with Crippen LogP contribution < -0.4 is 9.47 Å². The number of nitrogens with zero attached hydrogens (tertiary/aromatic N) is 1. The Bertz CT molecular complexity index is 566. The summed E-state index contributed by atoms with van der Waals surface area (Å²) in [7, 11) is 3.11. The first kappa shape index (κ1) is 17.1. The molecule has 0 spiro atoms. The fraction of sp³-hybridized carbons (Fsp3) is 0.529. The highest BCUT2D eigenvalue weighted by Gasteiger charge is 2.45. The Morgan fingerprint density at radius 2 is 1.87 bits per heavy atom. The van der Waals surface area contributed by atoms with Gasteiger partial charge in [0.1, 0.15) is 17.0 Å². The molecular formula is C17H23NO5. The summed E-state index contributed by atoms with van der Waals surface area (Å²) in [6.45, 7) is -0.196. The zero-order chi connectivity index (χ0) is 16.9. The molecule has 1 fully saturated rings. The number of hydrogen-bond acceptors (Lipinski definition) is 4. The predicted octanol–water partition coefficient (Wildman–Crippen LogP) is 2.32. The molecule has 6 heteroatoms. The number of carboxylic acid groups (broad SMARTS) is 1. The Hall–Kier alpha value is -2.24. The molecule has 0 bridgehead atoms. The van der Waals surface area contributed by atoms with Crippen LogP contribution in [0.25, 0.3) is 0 Å². The van der Waals surface area contributed by atoms with Gasteiger partial charge >= 0.3 is 5.97 Å². The van der Waals surface area contributed by atoms with E-state index in [-0.39, 0.29) is 12.5 Å². The molecule has 1 aromatic carbocycles. The number of carbonyl (C=O) groups excluding carboxylic acids is 1. The average molecular weight is 321 g/mol. The first-order valence-electron chi connectivity index (χ1n) is 7.76. The van der Waals surface area contributed by atoms with E-state index in [9.17, 15) is 14.7 Å². The maximum atomic E-state index is 12.4. The lowest BCUT2D eigenvalue weighted by Crippen LogP contribution is -2.57. The van der Waals surface area contributed by atoms with Gasteiger partial charge in [0.15, 0.2) is 6.61 Å². The zero-order valence-corrected chi connectivity index (χ0v) is 13.6. The highest BCUT2D eigenvalue weighted by Crippen LogP contribution is 2.33. The van der Waals surface area contributed by atoms with Gasteiger partial charge in [-0.1, -0.05) is 25.3 Å². The van der Waals surface area contributed by atoms with Crippen LogP contribution in [0.15, 0.2) is 24.3 Å². The maximum Gasteiger partial charge on any atom is 0.329 e. The summed E-state index contributed by atoms with van der Waals surface area (Å²) in [6.07, 6.45) is 3.63. The van der Waals surface area contributed by atoms with Crippen LogP contribution in [0.5, 0.6) is 11.5 Å². The van der Waals surface area contributed by atoms with Crippen molar-refractivity contribution in [2.24, 2.45) is 0 Å². The second kappa shape index (κ2) is 7.35. The van der Waals surface area contributed by atoms with E-state index in [0.717, 1.165) is 19.3 Å². The molecule has 0 saturated heterocycles. The van der Waals surface area contributed by atoms with Gasteiger partial charge < -0.3 is 19.5 Å². The second-order valence-electron chi connectivity index (χ2n) is 5.82. The van der Waals surface area contributed by atoms with Gasteiger partial charge in [-0.05, 0) is 25.0 Å². The number of hydrogen-bond donors (Lipinski definition) is 1. The molecule has 1 amide bonds. The van der Waals surface area contributed by atoms with Gasteiger partial charge in [-0.3, -0.25) is 4.79 Å². The summed E-state index contributed by atoms with van der Waals surface area (Å²) in [4.78, 5) is 25.5. The Morgan fingerprint density at radius 3 is 2.48 bits per heavy atom. The second-order valence-corrected chi connectivity index (χ2v) is 5.82. The first-order valence-corrected chi connectivity index (χ1v) is 7.76. The molecule has 1 aliphatic rings. The monoisotopic (exact) mass is 321 g/mol. The third-order valence-electron chi connectivity index (χ3n) is 4.50. The van der Waals surface area contributed by atoms with Crippen molar-refractivity contribution in [1.82, 2.24) is 4.90 Å². The number of carboxylic acids is 1. The number of likely N-dealkylation sites (N-methyl/N-ethyl adjacent to an activating group) is 1. The van der Waals surface area contributed by atoms with Crippen LogP contribution in [0.4, 0.5) is 0 Å². The van der Waals surface area contributed by atoms with E-state index in [0.29, 0.717) is 24.3 Å². The van der Waals surface area contributed by atoms with E-state index in [2.05, 4.69) is 0 Å². The Balaban J connectivity index is 2.02. The van der Waals surface area contributed by atoms with Crippen LogP contribution in [-0.4, -0.2) is 48.2 Å². The molecule has 23 heavy (non-hydrogen) atoms. The van der Waals surface area contributed by atoms with Crippen LogP contribution in [0.3, 0.4) is 0 Å². The third kappa shape index (κ3) is 3.75. The van der Waals surface area contributed by atoms with Crippen molar-refractivity contribution in [3.8, 4) is 11.5 Å². The number of methoxy groups -OCH3 is 1. The molecule has 1 aliphatic carbocycles. The number of amides is 1. The van der Waals surface area contributed by atoms with Gasteiger partial charge in [-0.25, -0.2) is 4.79 Å². The SMILES string of the molecule is COc1cccc(OCC(=O)N(C)C2(C(=O)O)CCCCC2)c1. The van der Waals surface area contributed by atoms with Gasteiger partial charge in [-0.2, -0.15) is 0 Å². The smallest absolute Gasteiger partial charge is 0.329 e. The van der Waals surface area contributed by atoms with Crippen molar-refractivity contribution in [3.05, 3.63) is 24.3 Å². The van der Waals surface area contributed by atoms with Gasteiger partial charge in [0.2, 0.25) is 0 Å². The first-order chi connectivity index (χ1) is 11.0. The summed E-state index contributed by atoms with van der Waals surface area (Å²) in [5.41, 5.74) is -1.10. The highest BCUT2D eigenvalue weighted by atomic mass is 16.5. The quantitative estimate of drug-likeness (QED) is 0.870. The molecule has 0 atom stereocenters. The standard InChI is InChI=1S/C17H23NO5/c1-18(17(16(20)21)9-4-3-5-10-17)15(19)12-23-14-8-6-7-13(11-14)22-2/h6-8,11H,3-5,9-10,12H2,1-2H3,(H,20,21). The lowest BCUT2D eigenvalue weighted by Gasteiger charge is -2.40. The molecule has 126 valence electrons. The minimum Gasteiger partial charge on any atom is -0.497 e. The van der Waals surface area contributed by atoms with Crippen molar-refractivity contribution in [1.29, 1.82) is 0 Å². The van der Waals surface area contributed by atoms with E-state index < -0.39 is 11.5 Å². The van der Waals surface area contributed by atoms with Crippen LogP contribution >= 0.6 is 0 Å². The van der Waals surface area contributed by atoms with Gasteiger partial charge in [0.05, 0.1) is 7.11 Å². The van der Waals surface area contributed by atoms with Crippen molar-refractivity contribution < 1.29 is 24.2 Å². The zero-order valence-electron chi connectivity index (χ0n) is 13.6.